The summed E-state index contributed by atoms with van der Waals surface area (Å²) in [6.07, 6.45) is 4.14. The Hall–Kier alpha value is -0.710. The molecule has 16 heavy (non-hydrogen) atoms. The quantitative estimate of drug-likeness (QED) is 0.815. The molecule has 5 heteroatoms. The summed E-state index contributed by atoms with van der Waals surface area (Å²) >= 11 is 5.68. The van der Waals surface area contributed by atoms with Crippen LogP contribution in [0.3, 0.4) is 0 Å². The van der Waals surface area contributed by atoms with Crippen LogP contribution in [0.15, 0.2) is 12.3 Å². The van der Waals surface area contributed by atoms with E-state index in [2.05, 4.69) is 15.3 Å². The van der Waals surface area contributed by atoms with Gasteiger partial charge >= 0.3 is 0 Å². The van der Waals surface area contributed by atoms with Gasteiger partial charge in [0.1, 0.15) is 0 Å². The van der Waals surface area contributed by atoms with Gasteiger partial charge in [-0.2, -0.15) is 0 Å². The summed E-state index contributed by atoms with van der Waals surface area (Å²) in [5, 5.41) is 3.64. The SMILES string of the molecule is Clc1nccc(COC[C@@H]2CCCNC2)n1. The number of hydrogen-bond acceptors (Lipinski definition) is 4. The molecule has 0 aromatic carbocycles. The van der Waals surface area contributed by atoms with Gasteiger partial charge in [0.15, 0.2) is 0 Å². The Labute approximate surface area is 100 Å². The predicted molar refractivity (Wildman–Crippen MR) is 62.3 cm³/mol. The van der Waals surface area contributed by atoms with Crippen molar-refractivity contribution in [3.05, 3.63) is 23.2 Å². The van der Waals surface area contributed by atoms with E-state index in [4.69, 9.17) is 16.3 Å². The first-order chi connectivity index (χ1) is 7.84. The van der Waals surface area contributed by atoms with E-state index < -0.39 is 0 Å². The van der Waals surface area contributed by atoms with Crippen molar-refractivity contribution in [1.82, 2.24) is 15.3 Å². The van der Waals surface area contributed by atoms with Gasteiger partial charge in [-0.15, -0.1) is 0 Å². The number of aromatic nitrogens is 2. The van der Waals surface area contributed by atoms with Crippen LogP contribution in [-0.4, -0.2) is 29.7 Å². The summed E-state index contributed by atoms with van der Waals surface area (Å²) < 4.78 is 5.63. The van der Waals surface area contributed by atoms with Crippen molar-refractivity contribution in [2.45, 2.75) is 19.4 Å². The molecule has 1 N–H and O–H groups in total. The Bertz CT molecular complexity index is 329. The van der Waals surface area contributed by atoms with Crippen molar-refractivity contribution >= 4 is 11.6 Å². The van der Waals surface area contributed by atoms with Gasteiger partial charge in [0.05, 0.1) is 18.9 Å². The van der Waals surface area contributed by atoms with E-state index in [9.17, 15) is 0 Å². The molecule has 1 aromatic heterocycles. The minimum atomic E-state index is 0.278. The van der Waals surface area contributed by atoms with E-state index in [1.54, 1.807) is 6.20 Å². The van der Waals surface area contributed by atoms with Crippen LogP contribution in [-0.2, 0) is 11.3 Å². The molecule has 1 aliphatic rings. The van der Waals surface area contributed by atoms with Gasteiger partial charge in [-0.25, -0.2) is 9.97 Å². The average Bonchev–Trinajstić information content (AvgIpc) is 2.30. The molecule has 0 saturated carbocycles. The fraction of sp³-hybridized carbons (Fsp3) is 0.636. The molecule has 4 nitrogen and oxygen atoms in total. The molecule has 0 radical (unpaired) electrons. The first-order valence-electron chi connectivity index (χ1n) is 5.60. The van der Waals surface area contributed by atoms with Gasteiger partial charge in [-0.05, 0) is 43.0 Å². The van der Waals surface area contributed by atoms with E-state index in [0.29, 0.717) is 12.5 Å². The highest BCUT2D eigenvalue weighted by molar-refractivity contribution is 6.28. The summed E-state index contributed by atoms with van der Waals surface area (Å²) in [6.45, 7) is 3.50. The maximum absolute atomic E-state index is 5.68. The maximum Gasteiger partial charge on any atom is 0.222 e. The first kappa shape index (κ1) is 11.8. The van der Waals surface area contributed by atoms with E-state index in [1.165, 1.54) is 12.8 Å². The minimum Gasteiger partial charge on any atom is -0.375 e. The number of nitrogens with one attached hydrogen (secondary N) is 1. The topological polar surface area (TPSA) is 47.0 Å². The van der Waals surface area contributed by atoms with Crippen LogP contribution in [0, 0.1) is 5.92 Å². The number of halogens is 1. The Morgan fingerprint density at radius 3 is 3.25 bits per heavy atom. The summed E-state index contributed by atoms with van der Waals surface area (Å²) in [5.74, 6) is 0.631. The largest absolute Gasteiger partial charge is 0.375 e. The van der Waals surface area contributed by atoms with Crippen molar-refractivity contribution in [2.24, 2.45) is 5.92 Å². The second kappa shape index (κ2) is 6.13. The molecule has 2 rings (SSSR count). The van der Waals surface area contributed by atoms with Gasteiger partial charge in [-0.1, -0.05) is 0 Å². The molecule has 1 aromatic rings. The van der Waals surface area contributed by atoms with Crippen LogP contribution in [0.5, 0.6) is 0 Å². The monoisotopic (exact) mass is 241 g/mol. The van der Waals surface area contributed by atoms with E-state index >= 15 is 0 Å². The number of piperidine rings is 1. The second-order valence-electron chi connectivity index (χ2n) is 4.04. The average molecular weight is 242 g/mol. The van der Waals surface area contributed by atoms with Crippen molar-refractivity contribution in [3.63, 3.8) is 0 Å². The molecule has 1 fully saturated rings. The van der Waals surface area contributed by atoms with Gasteiger partial charge in [0.25, 0.3) is 0 Å². The zero-order chi connectivity index (χ0) is 11.2. The number of rotatable bonds is 4. The van der Waals surface area contributed by atoms with Gasteiger partial charge < -0.3 is 10.1 Å². The second-order valence-corrected chi connectivity index (χ2v) is 4.38. The zero-order valence-electron chi connectivity index (χ0n) is 9.16. The van der Waals surface area contributed by atoms with Crippen LogP contribution >= 0.6 is 11.6 Å². The summed E-state index contributed by atoms with van der Waals surface area (Å²) in [7, 11) is 0. The third kappa shape index (κ3) is 3.70. The molecule has 0 aliphatic carbocycles. The lowest BCUT2D eigenvalue weighted by Crippen LogP contribution is -2.32. The maximum atomic E-state index is 5.68. The third-order valence-electron chi connectivity index (χ3n) is 2.69. The zero-order valence-corrected chi connectivity index (χ0v) is 9.91. The summed E-state index contributed by atoms with van der Waals surface area (Å²) in [4.78, 5) is 7.90. The lowest BCUT2D eigenvalue weighted by molar-refractivity contribution is 0.0763. The minimum absolute atomic E-state index is 0.278. The van der Waals surface area contributed by atoms with Crippen molar-refractivity contribution in [1.29, 1.82) is 0 Å². The first-order valence-corrected chi connectivity index (χ1v) is 5.98. The molecule has 1 atom stereocenters. The van der Waals surface area contributed by atoms with E-state index in [0.717, 1.165) is 25.4 Å². The number of ether oxygens (including phenoxy) is 1. The van der Waals surface area contributed by atoms with Crippen molar-refractivity contribution < 1.29 is 4.74 Å². The van der Waals surface area contributed by atoms with Gasteiger partial charge in [0, 0.05) is 12.7 Å². The third-order valence-corrected chi connectivity index (χ3v) is 2.87. The van der Waals surface area contributed by atoms with Crippen molar-refractivity contribution in [2.75, 3.05) is 19.7 Å². The summed E-state index contributed by atoms with van der Waals surface area (Å²) in [6, 6.07) is 1.82. The van der Waals surface area contributed by atoms with E-state index in [1.807, 2.05) is 6.07 Å². The Kier molecular flexibility index (Phi) is 4.51. The molecule has 88 valence electrons. The highest BCUT2D eigenvalue weighted by Crippen LogP contribution is 2.11. The van der Waals surface area contributed by atoms with Crippen molar-refractivity contribution in [3.8, 4) is 0 Å². The molecule has 1 aliphatic heterocycles. The van der Waals surface area contributed by atoms with Crippen LogP contribution < -0.4 is 5.32 Å². The highest BCUT2D eigenvalue weighted by Gasteiger charge is 2.12. The van der Waals surface area contributed by atoms with Gasteiger partial charge in [-0.3, -0.25) is 0 Å². The fourth-order valence-electron chi connectivity index (χ4n) is 1.85. The Morgan fingerprint density at radius 1 is 1.56 bits per heavy atom. The van der Waals surface area contributed by atoms with Crippen LogP contribution in [0.2, 0.25) is 5.28 Å². The number of nitrogens with zero attached hydrogens (tertiary/aromatic N) is 2. The fourth-order valence-corrected chi connectivity index (χ4v) is 2.01. The molecule has 2 heterocycles. The van der Waals surface area contributed by atoms with E-state index in [-0.39, 0.29) is 5.28 Å². The lowest BCUT2D eigenvalue weighted by atomic mass is 10.0. The Morgan fingerprint density at radius 2 is 2.50 bits per heavy atom. The Balaban J connectivity index is 1.71. The van der Waals surface area contributed by atoms with Crippen LogP contribution in [0.4, 0.5) is 0 Å². The molecular formula is C11H16ClN3O. The lowest BCUT2D eigenvalue weighted by Gasteiger charge is -2.22. The highest BCUT2D eigenvalue weighted by atomic mass is 35.5. The normalized spacial score (nSPS) is 20.9. The standard InChI is InChI=1S/C11H16ClN3O/c12-11-14-5-3-10(15-11)8-16-7-9-2-1-4-13-6-9/h3,5,9,13H,1-2,4,6-8H2/t9-/m1/s1. The van der Waals surface area contributed by atoms with Gasteiger partial charge in [0.2, 0.25) is 5.28 Å². The smallest absolute Gasteiger partial charge is 0.222 e. The predicted octanol–water partition coefficient (Wildman–Crippen LogP) is 1.65. The molecule has 0 amide bonds. The summed E-state index contributed by atoms with van der Waals surface area (Å²) in [5.41, 5.74) is 0.837. The molecule has 0 spiro atoms. The van der Waals surface area contributed by atoms with Crippen LogP contribution in [0.25, 0.3) is 0 Å². The van der Waals surface area contributed by atoms with Crippen LogP contribution in [0.1, 0.15) is 18.5 Å². The molecule has 1 saturated heterocycles. The number of hydrogen-bond donors (Lipinski definition) is 1. The molecule has 0 bridgehead atoms. The molecular weight excluding hydrogens is 226 g/mol. The molecule has 0 unspecified atom stereocenters.